The van der Waals surface area contributed by atoms with Gasteiger partial charge < -0.3 is 9.47 Å². The molecule has 6 heteroatoms. The van der Waals surface area contributed by atoms with Gasteiger partial charge in [0.15, 0.2) is 0 Å². The van der Waals surface area contributed by atoms with Crippen LogP contribution in [0.2, 0.25) is 0 Å². The number of hydrogen-bond donors (Lipinski definition) is 0. The fourth-order valence-corrected chi connectivity index (χ4v) is 7.94. The number of carbonyl (C=O) groups excluding carboxylic acids is 4. The summed E-state index contributed by atoms with van der Waals surface area (Å²) in [6, 6.07) is 0. The van der Waals surface area contributed by atoms with E-state index in [0.29, 0.717) is 17.8 Å². The lowest BCUT2D eigenvalue weighted by Gasteiger charge is -2.44. The van der Waals surface area contributed by atoms with Crippen molar-refractivity contribution in [3.05, 3.63) is 24.3 Å². The van der Waals surface area contributed by atoms with Crippen molar-refractivity contribution in [1.29, 1.82) is 0 Å². The maximum absolute atomic E-state index is 12.5. The van der Waals surface area contributed by atoms with Crippen LogP contribution in [0.4, 0.5) is 0 Å². The molecule has 6 aliphatic rings. The number of fused-ring (bicyclic) bond motifs is 4. The zero-order chi connectivity index (χ0) is 26.4. The molecule has 0 spiro atoms. The second-order valence-corrected chi connectivity index (χ2v) is 13.7. The third-order valence-corrected chi connectivity index (χ3v) is 9.14. The molecule has 0 aromatic rings. The Balaban J connectivity index is 0.000000174. The molecule has 3 saturated carbocycles. The highest BCUT2D eigenvalue weighted by molar-refractivity contribution is 6.04. The average molecular weight is 499 g/mol. The molecular weight excluding hydrogens is 456 g/mol. The summed E-state index contributed by atoms with van der Waals surface area (Å²) in [7, 11) is 0. The first-order chi connectivity index (χ1) is 16.8. The number of hydrogen-bond acceptors (Lipinski definition) is 6. The molecule has 0 N–H and O–H groups in total. The Hall–Kier alpha value is -2.24. The maximum Gasteiger partial charge on any atom is 0.338 e. The average Bonchev–Trinajstić information content (AvgIpc) is 3.59. The Morgan fingerprint density at radius 1 is 0.667 bits per heavy atom. The predicted molar refractivity (Wildman–Crippen MR) is 135 cm³/mol. The van der Waals surface area contributed by atoms with Crippen LogP contribution in [0.3, 0.4) is 0 Å². The normalized spacial score (nSPS) is 38.1. The molecule has 2 aliphatic heterocycles. The molecule has 4 aliphatic carbocycles. The molecule has 0 aromatic carbocycles. The zero-order valence-corrected chi connectivity index (χ0v) is 22.6. The van der Waals surface area contributed by atoms with Gasteiger partial charge in [0.05, 0.1) is 11.8 Å². The van der Waals surface area contributed by atoms with E-state index in [1.165, 1.54) is 38.5 Å². The van der Waals surface area contributed by atoms with Gasteiger partial charge >= 0.3 is 23.9 Å². The Kier molecular flexibility index (Phi) is 7.38. The highest BCUT2D eigenvalue weighted by Gasteiger charge is 2.62. The second kappa shape index (κ2) is 9.90. The van der Waals surface area contributed by atoms with E-state index in [2.05, 4.69) is 58.4 Å². The summed E-state index contributed by atoms with van der Waals surface area (Å²) in [4.78, 5) is 44.7. The van der Waals surface area contributed by atoms with Gasteiger partial charge in [-0.15, -0.1) is 0 Å². The van der Waals surface area contributed by atoms with Crippen molar-refractivity contribution in [3.8, 4) is 0 Å². The SMILES string of the molecule is C1=CC2CCC1C2.CC(C)(C)C1C(=O)OC(=O)C1C1C2CCC(C2)C1C(C)(C)C.O=C1C=CC(=O)O1. The van der Waals surface area contributed by atoms with Crippen LogP contribution < -0.4 is 0 Å². The fraction of sp³-hybridized carbons (Fsp3) is 0.733. The smallest absolute Gasteiger partial charge is 0.338 e. The number of ether oxygens (including phenoxy) is 2. The Labute approximate surface area is 215 Å². The molecule has 8 unspecified atom stereocenters. The summed E-state index contributed by atoms with van der Waals surface area (Å²) < 4.78 is 9.09. The topological polar surface area (TPSA) is 86.7 Å². The summed E-state index contributed by atoms with van der Waals surface area (Å²) in [6.45, 7) is 13.1. The third-order valence-electron chi connectivity index (χ3n) is 9.14. The van der Waals surface area contributed by atoms with Crippen molar-refractivity contribution in [3.63, 3.8) is 0 Å². The number of esters is 4. The van der Waals surface area contributed by atoms with Crippen LogP contribution in [-0.2, 0) is 28.7 Å². The summed E-state index contributed by atoms with van der Waals surface area (Å²) >= 11 is 0. The van der Waals surface area contributed by atoms with Crippen LogP contribution in [0.5, 0.6) is 0 Å². The Bertz CT molecular complexity index is 933. The maximum atomic E-state index is 12.5. The van der Waals surface area contributed by atoms with E-state index in [-0.39, 0.29) is 34.6 Å². The van der Waals surface area contributed by atoms with Gasteiger partial charge in [-0.3, -0.25) is 9.59 Å². The van der Waals surface area contributed by atoms with Gasteiger partial charge in [0, 0.05) is 12.2 Å². The molecule has 0 radical (unpaired) electrons. The lowest BCUT2D eigenvalue weighted by molar-refractivity contribution is -0.155. The van der Waals surface area contributed by atoms with Crippen LogP contribution in [-0.4, -0.2) is 23.9 Å². The highest BCUT2D eigenvalue weighted by atomic mass is 16.6. The minimum Gasteiger partial charge on any atom is -0.393 e. The number of cyclic esters (lactones) is 4. The molecule has 0 amide bonds. The largest absolute Gasteiger partial charge is 0.393 e. The van der Waals surface area contributed by atoms with Crippen LogP contribution in [0, 0.1) is 58.2 Å². The summed E-state index contributed by atoms with van der Waals surface area (Å²) in [5.41, 5.74) is -0.0446. The molecule has 0 aromatic heterocycles. The van der Waals surface area contributed by atoms with Gasteiger partial charge in [-0.25, -0.2) is 9.59 Å². The van der Waals surface area contributed by atoms with Gasteiger partial charge in [-0.1, -0.05) is 53.7 Å². The van der Waals surface area contributed by atoms with Crippen molar-refractivity contribution >= 4 is 23.9 Å². The second-order valence-electron chi connectivity index (χ2n) is 13.7. The third kappa shape index (κ3) is 5.52. The van der Waals surface area contributed by atoms with Crippen molar-refractivity contribution in [2.24, 2.45) is 58.2 Å². The van der Waals surface area contributed by atoms with Crippen LogP contribution in [0.15, 0.2) is 24.3 Å². The van der Waals surface area contributed by atoms with E-state index in [0.717, 1.165) is 29.9 Å². The molecule has 6 nitrogen and oxygen atoms in total. The monoisotopic (exact) mass is 498 g/mol. The van der Waals surface area contributed by atoms with E-state index in [4.69, 9.17) is 4.74 Å². The van der Waals surface area contributed by atoms with Gasteiger partial charge in [-0.05, 0) is 84.9 Å². The zero-order valence-electron chi connectivity index (χ0n) is 22.6. The van der Waals surface area contributed by atoms with E-state index in [1.807, 2.05) is 0 Å². The first kappa shape index (κ1) is 26.8. The highest BCUT2D eigenvalue weighted by Crippen LogP contribution is 2.62. The number of carbonyl (C=O) groups is 4. The number of allylic oxidation sites excluding steroid dienone is 2. The standard InChI is InChI=1S/C19H30O3.C7H10.C4H2O3/c1-18(2,3)14-11-8-7-10(9-11)12(14)13-15(19(4,5)6)17(21)22-16(13)20;1-2-7-4-3-6(1)5-7;5-3-1-2-4(6)7-3/h10-15H,7-9H2,1-6H3;1-2,6-7H,3-5H2;1-2H. The predicted octanol–water partition coefficient (Wildman–Crippen LogP) is 5.66. The molecular formula is C30H42O6. The van der Waals surface area contributed by atoms with Gasteiger partial charge in [0.1, 0.15) is 0 Å². The molecule has 6 rings (SSSR count). The van der Waals surface area contributed by atoms with Crippen LogP contribution >= 0.6 is 0 Å². The van der Waals surface area contributed by atoms with Gasteiger partial charge in [0.25, 0.3) is 0 Å². The Morgan fingerprint density at radius 3 is 1.61 bits per heavy atom. The van der Waals surface area contributed by atoms with Crippen molar-refractivity contribution in [2.75, 3.05) is 0 Å². The van der Waals surface area contributed by atoms with E-state index < -0.39 is 11.9 Å². The van der Waals surface area contributed by atoms with Gasteiger partial charge in [-0.2, -0.15) is 0 Å². The molecule has 36 heavy (non-hydrogen) atoms. The van der Waals surface area contributed by atoms with Gasteiger partial charge in [0.2, 0.25) is 0 Å². The van der Waals surface area contributed by atoms with E-state index >= 15 is 0 Å². The van der Waals surface area contributed by atoms with Crippen molar-refractivity contribution in [1.82, 2.24) is 0 Å². The lowest BCUT2D eigenvalue weighted by atomic mass is 9.58. The molecule has 1 saturated heterocycles. The lowest BCUT2D eigenvalue weighted by Crippen LogP contribution is -2.43. The van der Waals surface area contributed by atoms with Crippen molar-refractivity contribution in [2.45, 2.75) is 80.1 Å². The molecule has 4 bridgehead atoms. The summed E-state index contributed by atoms with van der Waals surface area (Å²) in [6.07, 6.45) is 15.1. The first-order valence-corrected chi connectivity index (χ1v) is 13.6. The fourth-order valence-electron chi connectivity index (χ4n) is 7.94. The summed E-state index contributed by atoms with van der Waals surface area (Å²) in [5, 5.41) is 0. The van der Waals surface area contributed by atoms with Crippen molar-refractivity contribution < 1.29 is 28.7 Å². The summed E-state index contributed by atoms with van der Waals surface area (Å²) in [5.74, 6) is 1.93. The molecule has 198 valence electrons. The molecule has 8 atom stereocenters. The van der Waals surface area contributed by atoms with E-state index in [1.54, 1.807) is 0 Å². The first-order valence-electron chi connectivity index (χ1n) is 13.6. The van der Waals surface area contributed by atoms with Crippen LogP contribution in [0.25, 0.3) is 0 Å². The molecule has 4 fully saturated rings. The minimum atomic E-state index is -0.579. The minimum absolute atomic E-state index is 0.179. The number of rotatable bonds is 1. The Morgan fingerprint density at radius 2 is 1.22 bits per heavy atom. The quantitative estimate of drug-likeness (QED) is 0.264. The van der Waals surface area contributed by atoms with Crippen LogP contribution in [0.1, 0.15) is 80.1 Å². The van der Waals surface area contributed by atoms with E-state index in [9.17, 15) is 19.2 Å². The molecule has 2 heterocycles.